The van der Waals surface area contributed by atoms with E-state index in [0.29, 0.717) is 0 Å². The molecule has 0 radical (unpaired) electrons. The number of hydrogen-bond acceptors (Lipinski definition) is 3. The molecule has 27 heavy (non-hydrogen) atoms. The minimum absolute atomic E-state index is 0.198. The predicted octanol–water partition coefficient (Wildman–Crippen LogP) is 4.52. The van der Waals surface area contributed by atoms with Crippen molar-refractivity contribution in [2.24, 2.45) is 0 Å². The number of rotatable bonds is 6. The maximum absolute atomic E-state index is 5.23. The summed E-state index contributed by atoms with van der Waals surface area (Å²) in [6.45, 7) is 5.06. The Morgan fingerprint density at radius 2 is 1.93 bits per heavy atom. The zero-order valence-electron chi connectivity index (χ0n) is 15.9. The first-order valence-corrected chi connectivity index (χ1v) is 9.14. The van der Waals surface area contributed by atoms with Gasteiger partial charge in [0.1, 0.15) is 5.75 Å². The summed E-state index contributed by atoms with van der Waals surface area (Å²) < 4.78 is 7.20. The van der Waals surface area contributed by atoms with Gasteiger partial charge in [-0.3, -0.25) is 0 Å². The van der Waals surface area contributed by atoms with Gasteiger partial charge in [0, 0.05) is 35.1 Å². The lowest BCUT2D eigenvalue weighted by atomic mass is 10.1. The third-order valence-corrected chi connectivity index (χ3v) is 5.02. The fraction of sp³-hybridized carbons (Fsp3) is 0.227. The zero-order chi connectivity index (χ0) is 18.8. The van der Waals surface area contributed by atoms with Crippen molar-refractivity contribution in [1.29, 1.82) is 0 Å². The van der Waals surface area contributed by atoms with E-state index >= 15 is 0 Å². The summed E-state index contributed by atoms with van der Waals surface area (Å²) in [7, 11) is 1.67. The topological polar surface area (TPSA) is 54.9 Å². The summed E-state index contributed by atoms with van der Waals surface area (Å²) >= 11 is 0. The number of fused-ring (bicyclic) bond motifs is 1. The molecule has 138 valence electrons. The van der Waals surface area contributed by atoms with Crippen LogP contribution in [0.5, 0.6) is 5.75 Å². The van der Waals surface area contributed by atoms with Crippen molar-refractivity contribution in [1.82, 2.24) is 20.1 Å². The average Bonchev–Trinajstić information content (AvgIpc) is 3.29. The number of nitrogens with zero attached hydrogens (tertiary/aromatic N) is 2. The summed E-state index contributed by atoms with van der Waals surface area (Å²) in [6, 6.07) is 18.7. The van der Waals surface area contributed by atoms with Crippen molar-refractivity contribution in [3.8, 4) is 11.4 Å². The predicted molar refractivity (Wildman–Crippen MR) is 108 cm³/mol. The summed E-state index contributed by atoms with van der Waals surface area (Å²) in [4.78, 5) is 3.46. The van der Waals surface area contributed by atoms with Crippen molar-refractivity contribution in [2.75, 3.05) is 7.11 Å². The largest absolute Gasteiger partial charge is 0.497 e. The zero-order valence-corrected chi connectivity index (χ0v) is 15.9. The van der Waals surface area contributed by atoms with Crippen molar-refractivity contribution in [3.63, 3.8) is 0 Å². The second-order valence-electron chi connectivity index (χ2n) is 6.78. The number of aromatic amines is 1. The van der Waals surface area contributed by atoms with E-state index in [9.17, 15) is 0 Å². The third kappa shape index (κ3) is 3.46. The van der Waals surface area contributed by atoms with Gasteiger partial charge in [0.05, 0.1) is 19.0 Å². The maximum atomic E-state index is 5.23. The van der Waals surface area contributed by atoms with E-state index in [0.717, 1.165) is 23.7 Å². The molecule has 0 saturated carbocycles. The highest BCUT2D eigenvalue weighted by molar-refractivity contribution is 5.80. The van der Waals surface area contributed by atoms with Gasteiger partial charge in [-0.2, -0.15) is 5.10 Å². The first-order chi connectivity index (χ1) is 13.2. The molecular formula is C22H24N4O. The maximum Gasteiger partial charge on any atom is 0.119 e. The number of hydrogen-bond donors (Lipinski definition) is 2. The van der Waals surface area contributed by atoms with Crippen LogP contribution in [-0.4, -0.2) is 21.9 Å². The van der Waals surface area contributed by atoms with Crippen LogP contribution in [0.3, 0.4) is 0 Å². The molecule has 0 fully saturated rings. The molecule has 0 saturated heterocycles. The lowest BCUT2D eigenvalue weighted by Crippen LogP contribution is -2.18. The molecule has 0 amide bonds. The molecule has 1 atom stereocenters. The first-order valence-electron chi connectivity index (χ1n) is 9.14. The Bertz CT molecular complexity index is 1010. The van der Waals surface area contributed by atoms with Gasteiger partial charge in [-0.25, -0.2) is 4.68 Å². The van der Waals surface area contributed by atoms with Crippen LogP contribution in [0.15, 0.2) is 60.8 Å². The quantitative estimate of drug-likeness (QED) is 0.531. The van der Waals surface area contributed by atoms with Gasteiger partial charge in [0.25, 0.3) is 0 Å². The fourth-order valence-corrected chi connectivity index (χ4v) is 3.43. The van der Waals surface area contributed by atoms with Gasteiger partial charge in [0.15, 0.2) is 0 Å². The van der Waals surface area contributed by atoms with Crippen molar-refractivity contribution >= 4 is 10.9 Å². The number of para-hydroxylation sites is 1. The number of nitrogens with one attached hydrogen (secondary N) is 2. The summed E-state index contributed by atoms with van der Waals surface area (Å²) in [5.74, 6) is 0.845. The monoisotopic (exact) mass is 360 g/mol. The van der Waals surface area contributed by atoms with Crippen molar-refractivity contribution in [3.05, 3.63) is 77.7 Å². The average molecular weight is 360 g/mol. The molecule has 2 heterocycles. The molecule has 2 N–H and O–H groups in total. The lowest BCUT2D eigenvalue weighted by Gasteiger charge is -2.13. The van der Waals surface area contributed by atoms with E-state index in [1.165, 1.54) is 22.2 Å². The third-order valence-electron chi connectivity index (χ3n) is 5.02. The molecule has 0 aliphatic carbocycles. The van der Waals surface area contributed by atoms with Crippen LogP contribution in [0, 0.1) is 6.92 Å². The molecule has 5 nitrogen and oxygen atoms in total. The van der Waals surface area contributed by atoms with Crippen LogP contribution in [0.1, 0.15) is 29.9 Å². The Balaban J connectivity index is 1.48. The molecule has 4 rings (SSSR count). The number of ether oxygens (including phenoxy) is 1. The minimum atomic E-state index is 0.198. The minimum Gasteiger partial charge on any atom is -0.497 e. The summed E-state index contributed by atoms with van der Waals surface area (Å²) in [6.07, 6.45) is 1.95. The Labute approximate surface area is 159 Å². The molecule has 0 bridgehead atoms. The first kappa shape index (κ1) is 17.4. The molecule has 0 spiro atoms. The van der Waals surface area contributed by atoms with Crippen LogP contribution in [-0.2, 0) is 6.54 Å². The number of benzene rings is 2. The Morgan fingerprint density at radius 3 is 2.67 bits per heavy atom. The van der Waals surface area contributed by atoms with Crippen molar-refractivity contribution in [2.45, 2.75) is 26.4 Å². The molecule has 0 aliphatic heterocycles. The van der Waals surface area contributed by atoms with Crippen LogP contribution in [0.4, 0.5) is 0 Å². The standard InChI is InChI=1S/C22H24N4O/c1-15(23-13-18-12-17-6-4-5-7-22(17)25-18)21-14-24-26(16(21)2)19-8-10-20(27-3)11-9-19/h4-12,14-15,23,25H,13H2,1-3H3/t15-/m1/s1. The van der Waals surface area contributed by atoms with E-state index in [2.05, 4.69) is 59.6 Å². The number of aromatic nitrogens is 3. The molecule has 4 aromatic rings. The van der Waals surface area contributed by atoms with E-state index in [1.807, 2.05) is 35.1 Å². The highest BCUT2D eigenvalue weighted by Crippen LogP contribution is 2.22. The van der Waals surface area contributed by atoms with Crippen molar-refractivity contribution < 1.29 is 4.74 Å². The lowest BCUT2D eigenvalue weighted by molar-refractivity contribution is 0.414. The van der Waals surface area contributed by atoms with Gasteiger partial charge >= 0.3 is 0 Å². The number of H-pyrrole nitrogens is 1. The Morgan fingerprint density at radius 1 is 1.15 bits per heavy atom. The smallest absolute Gasteiger partial charge is 0.119 e. The SMILES string of the molecule is COc1ccc(-n2ncc([C@@H](C)NCc3cc4ccccc4[nH]3)c2C)cc1. The highest BCUT2D eigenvalue weighted by Gasteiger charge is 2.14. The normalized spacial score (nSPS) is 12.4. The molecule has 0 aliphatic rings. The van der Waals surface area contributed by atoms with E-state index in [1.54, 1.807) is 7.11 Å². The van der Waals surface area contributed by atoms with E-state index < -0.39 is 0 Å². The van der Waals surface area contributed by atoms with Gasteiger partial charge < -0.3 is 15.0 Å². The van der Waals surface area contributed by atoms with Crippen LogP contribution >= 0.6 is 0 Å². The Hall–Kier alpha value is -3.05. The Kier molecular flexibility index (Phi) is 4.69. The van der Waals surface area contributed by atoms with Gasteiger partial charge in [0.2, 0.25) is 0 Å². The molecule has 5 heteroatoms. The molecule has 0 unspecified atom stereocenters. The fourth-order valence-electron chi connectivity index (χ4n) is 3.43. The van der Waals surface area contributed by atoms with Gasteiger partial charge in [-0.05, 0) is 55.6 Å². The highest BCUT2D eigenvalue weighted by atomic mass is 16.5. The molecule has 2 aromatic carbocycles. The van der Waals surface area contributed by atoms with E-state index in [-0.39, 0.29) is 6.04 Å². The van der Waals surface area contributed by atoms with E-state index in [4.69, 9.17) is 4.74 Å². The summed E-state index contributed by atoms with van der Waals surface area (Å²) in [5.41, 5.74) is 5.72. The number of methoxy groups -OCH3 is 1. The van der Waals surface area contributed by atoms with Gasteiger partial charge in [-0.1, -0.05) is 18.2 Å². The molecule has 2 aromatic heterocycles. The second-order valence-corrected chi connectivity index (χ2v) is 6.78. The summed E-state index contributed by atoms with van der Waals surface area (Å²) in [5, 5.41) is 9.42. The van der Waals surface area contributed by atoms with Gasteiger partial charge in [-0.15, -0.1) is 0 Å². The van der Waals surface area contributed by atoms with Crippen LogP contribution < -0.4 is 10.1 Å². The van der Waals surface area contributed by atoms with Crippen LogP contribution in [0.25, 0.3) is 16.6 Å². The van der Waals surface area contributed by atoms with Crippen LogP contribution in [0.2, 0.25) is 0 Å². The molecular weight excluding hydrogens is 336 g/mol. The second kappa shape index (κ2) is 7.29.